The van der Waals surface area contributed by atoms with Crippen LogP contribution in [0.2, 0.25) is 5.02 Å². The van der Waals surface area contributed by atoms with E-state index in [2.05, 4.69) is 25.6 Å². The molecule has 0 saturated carbocycles. The lowest BCUT2D eigenvalue weighted by atomic mass is 10.2. The summed E-state index contributed by atoms with van der Waals surface area (Å²) in [7, 11) is 0. The molecule has 2 rings (SSSR count). The molecule has 1 aromatic heterocycles. The number of nitrogens with one attached hydrogen (secondary N) is 2. The summed E-state index contributed by atoms with van der Waals surface area (Å²) >= 11 is 5.73. The van der Waals surface area contributed by atoms with Crippen LogP contribution in [-0.2, 0) is 4.79 Å². The second kappa shape index (κ2) is 5.49. The molecule has 0 aliphatic heterocycles. The average molecular weight is 281 g/mol. The molecule has 7 nitrogen and oxygen atoms in total. The van der Waals surface area contributed by atoms with Crippen molar-refractivity contribution in [3.05, 3.63) is 34.9 Å². The van der Waals surface area contributed by atoms with E-state index in [4.69, 9.17) is 11.6 Å². The smallest absolute Gasteiger partial charge is 0.257 e. The van der Waals surface area contributed by atoms with E-state index in [1.807, 2.05) is 0 Å². The largest absolute Gasteiger partial charge is 0.305 e. The Bertz CT molecular complexity index is 609. The maximum Gasteiger partial charge on any atom is 0.257 e. The van der Waals surface area contributed by atoms with Gasteiger partial charge < -0.3 is 10.6 Å². The van der Waals surface area contributed by atoms with Crippen LogP contribution in [0.3, 0.4) is 0 Å². The van der Waals surface area contributed by atoms with Crippen LogP contribution in [0.25, 0.3) is 0 Å². The minimum Gasteiger partial charge on any atom is -0.305 e. The summed E-state index contributed by atoms with van der Waals surface area (Å²) in [6, 6.07) is 6.30. The molecule has 0 unspecified atom stereocenters. The van der Waals surface area contributed by atoms with Crippen molar-refractivity contribution in [3.63, 3.8) is 0 Å². The van der Waals surface area contributed by atoms with E-state index in [-0.39, 0.29) is 17.5 Å². The highest BCUT2D eigenvalue weighted by atomic mass is 35.5. The molecule has 0 spiro atoms. The Balaban J connectivity index is 2.13. The second-order valence-electron chi connectivity index (χ2n) is 3.60. The van der Waals surface area contributed by atoms with Gasteiger partial charge in [0.25, 0.3) is 5.91 Å². The molecule has 19 heavy (non-hydrogen) atoms. The monoisotopic (exact) mass is 280 g/mol. The topological polar surface area (TPSA) is 97.1 Å². The number of aromatic nitrogens is 2. The standard InChI is InChI=1S/C11H9ClN4O3/c1-6(17)13-9-10(16-19-15-9)14-11(18)7-2-4-8(12)5-3-7/h2-5H,1H3,(H,13,15,17)(H,14,16,18). The predicted molar refractivity (Wildman–Crippen MR) is 68.0 cm³/mol. The molecule has 1 aromatic carbocycles. The van der Waals surface area contributed by atoms with E-state index in [0.717, 1.165) is 0 Å². The third-order valence-electron chi connectivity index (χ3n) is 2.12. The first-order valence-electron chi connectivity index (χ1n) is 5.23. The summed E-state index contributed by atoms with van der Waals surface area (Å²) in [6.07, 6.45) is 0. The molecule has 0 bridgehead atoms. The van der Waals surface area contributed by atoms with Crippen molar-refractivity contribution in [2.45, 2.75) is 6.92 Å². The zero-order valence-electron chi connectivity index (χ0n) is 9.81. The van der Waals surface area contributed by atoms with Crippen LogP contribution in [-0.4, -0.2) is 22.1 Å². The van der Waals surface area contributed by atoms with E-state index in [1.165, 1.54) is 6.92 Å². The summed E-state index contributed by atoms with van der Waals surface area (Å²) < 4.78 is 4.45. The summed E-state index contributed by atoms with van der Waals surface area (Å²) in [4.78, 5) is 22.8. The van der Waals surface area contributed by atoms with E-state index >= 15 is 0 Å². The van der Waals surface area contributed by atoms with Crippen molar-refractivity contribution in [2.75, 3.05) is 10.6 Å². The fourth-order valence-electron chi connectivity index (χ4n) is 1.30. The average Bonchev–Trinajstić information content (AvgIpc) is 2.76. The molecule has 2 N–H and O–H groups in total. The van der Waals surface area contributed by atoms with Gasteiger partial charge in [-0.1, -0.05) is 11.6 Å². The van der Waals surface area contributed by atoms with Crippen LogP contribution in [0.15, 0.2) is 28.9 Å². The lowest BCUT2D eigenvalue weighted by Crippen LogP contribution is -2.15. The van der Waals surface area contributed by atoms with Crippen LogP contribution in [0.5, 0.6) is 0 Å². The SMILES string of the molecule is CC(=O)Nc1nonc1NC(=O)c1ccc(Cl)cc1. The van der Waals surface area contributed by atoms with Crippen LogP contribution in [0.1, 0.15) is 17.3 Å². The predicted octanol–water partition coefficient (Wildman–Crippen LogP) is 1.93. The molecular formula is C11H9ClN4O3. The molecule has 2 amide bonds. The number of carbonyl (C=O) groups is 2. The zero-order chi connectivity index (χ0) is 13.8. The first-order valence-corrected chi connectivity index (χ1v) is 5.61. The third-order valence-corrected chi connectivity index (χ3v) is 2.37. The molecule has 0 aliphatic carbocycles. The first-order chi connectivity index (χ1) is 9.06. The van der Waals surface area contributed by atoms with Crippen molar-refractivity contribution in [3.8, 4) is 0 Å². The van der Waals surface area contributed by atoms with Gasteiger partial charge >= 0.3 is 0 Å². The Kier molecular flexibility index (Phi) is 3.76. The van der Waals surface area contributed by atoms with Crippen LogP contribution >= 0.6 is 11.6 Å². The lowest BCUT2D eigenvalue weighted by molar-refractivity contribution is -0.114. The van der Waals surface area contributed by atoms with Crippen molar-refractivity contribution in [2.24, 2.45) is 0 Å². The van der Waals surface area contributed by atoms with E-state index in [0.29, 0.717) is 10.6 Å². The maximum absolute atomic E-state index is 11.9. The molecule has 0 fully saturated rings. The van der Waals surface area contributed by atoms with Gasteiger partial charge in [-0.2, -0.15) is 0 Å². The highest BCUT2D eigenvalue weighted by Crippen LogP contribution is 2.17. The molecule has 1 heterocycles. The Morgan fingerprint density at radius 1 is 1.11 bits per heavy atom. The van der Waals surface area contributed by atoms with Gasteiger partial charge in [0.15, 0.2) is 0 Å². The van der Waals surface area contributed by atoms with E-state index < -0.39 is 5.91 Å². The summed E-state index contributed by atoms with van der Waals surface area (Å²) in [5.41, 5.74) is 0.390. The molecule has 0 saturated heterocycles. The summed E-state index contributed by atoms with van der Waals surface area (Å²) in [5.74, 6) is -0.679. The minimum absolute atomic E-state index is 0.0372. The zero-order valence-corrected chi connectivity index (χ0v) is 10.6. The number of benzene rings is 1. The number of nitrogens with zero attached hydrogens (tertiary/aromatic N) is 2. The van der Waals surface area contributed by atoms with Gasteiger partial charge in [0, 0.05) is 17.5 Å². The third kappa shape index (κ3) is 3.29. The first kappa shape index (κ1) is 13.0. The van der Waals surface area contributed by atoms with Gasteiger partial charge in [-0.25, -0.2) is 4.63 Å². The second-order valence-corrected chi connectivity index (χ2v) is 4.04. The van der Waals surface area contributed by atoms with Gasteiger partial charge in [0.05, 0.1) is 0 Å². The van der Waals surface area contributed by atoms with Crippen LogP contribution in [0, 0.1) is 0 Å². The fourth-order valence-corrected chi connectivity index (χ4v) is 1.43. The summed E-state index contributed by atoms with van der Waals surface area (Å²) in [6.45, 7) is 1.31. The number of rotatable bonds is 3. The number of carbonyl (C=O) groups excluding carboxylic acids is 2. The minimum atomic E-state index is -0.418. The fraction of sp³-hybridized carbons (Fsp3) is 0.0909. The van der Waals surface area contributed by atoms with E-state index in [9.17, 15) is 9.59 Å². The molecular weight excluding hydrogens is 272 g/mol. The highest BCUT2D eigenvalue weighted by molar-refractivity contribution is 6.30. The van der Waals surface area contributed by atoms with Crippen molar-refractivity contribution >= 4 is 35.1 Å². The number of anilines is 2. The molecule has 0 atom stereocenters. The molecule has 2 aromatic rings. The Morgan fingerprint density at radius 3 is 2.26 bits per heavy atom. The van der Waals surface area contributed by atoms with Crippen molar-refractivity contribution < 1.29 is 14.2 Å². The number of hydrogen-bond acceptors (Lipinski definition) is 5. The maximum atomic E-state index is 11.9. The van der Waals surface area contributed by atoms with Crippen molar-refractivity contribution in [1.29, 1.82) is 0 Å². The number of halogens is 1. The van der Waals surface area contributed by atoms with Gasteiger partial charge in [0.1, 0.15) is 0 Å². The van der Waals surface area contributed by atoms with Crippen molar-refractivity contribution in [1.82, 2.24) is 10.3 Å². The quantitative estimate of drug-likeness (QED) is 0.895. The Hall–Kier alpha value is -2.41. The van der Waals surface area contributed by atoms with Gasteiger partial charge in [0.2, 0.25) is 17.5 Å². The Morgan fingerprint density at radius 2 is 1.68 bits per heavy atom. The summed E-state index contributed by atoms with van der Waals surface area (Å²) in [5, 5.41) is 12.3. The highest BCUT2D eigenvalue weighted by Gasteiger charge is 2.15. The lowest BCUT2D eigenvalue weighted by Gasteiger charge is -2.03. The Labute approximate surface area is 112 Å². The van der Waals surface area contributed by atoms with Gasteiger partial charge in [-0.05, 0) is 34.6 Å². The molecule has 0 radical (unpaired) electrons. The normalized spacial score (nSPS) is 10.0. The number of hydrogen-bond donors (Lipinski definition) is 2. The van der Waals surface area contributed by atoms with Gasteiger partial charge in [-0.3, -0.25) is 9.59 Å². The number of amides is 2. The molecule has 0 aliphatic rings. The van der Waals surface area contributed by atoms with Crippen LogP contribution < -0.4 is 10.6 Å². The van der Waals surface area contributed by atoms with E-state index in [1.54, 1.807) is 24.3 Å². The molecule has 8 heteroatoms. The van der Waals surface area contributed by atoms with Gasteiger partial charge in [-0.15, -0.1) is 0 Å². The van der Waals surface area contributed by atoms with Crippen LogP contribution in [0.4, 0.5) is 11.6 Å². The molecule has 98 valence electrons.